The van der Waals surface area contributed by atoms with Crippen molar-refractivity contribution in [3.63, 3.8) is 0 Å². The molecule has 2 aliphatic carbocycles. The largest absolute Gasteiger partial charge is 0.374 e. The van der Waals surface area contributed by atoms with Crippen molar-refractivity contribution in [2.45, 2.75) is 82.1 Å². The van der Waals surface area contributed by atoms with Crippen LogP contribution in [0.15, 0.2) is 87.8 Å². The first kappa shape index (κ1) is 34.2. The van der Waals surface area contributed by atoms with Crippen LogP contribution < -0.4 is 21.9 Å². The number of benzene rings is 2. The van der Waals surface area contributed by atoms with Gasteiger partial charge in [-0.15, -0.1) is 0 Å². The van der Waals surface area contributed by atoms with Gasteiger partial charge in [-0.05, 0) is 73.4 Å². The van der Waals surface area contributed by atoms with Crippen molar-refractivity contribution in [3.8, 4) is 16.8 Å². The van der Waals surface area contributed by atoms with Crippen molar-refractivity contribution in [1.82, 2.24) is 34.6 Å². The van der Waals surface area contributed by atoms with Crippen LogP contribution in [0.25, 0.3) is 27.8 Å². The minimum atomic E-state index is -0.646. The molecular formula is C40H45FN8O3. The van der Waals surface area contributed by atoms with Crippen LogP contribution in [0, 0.1) is 5.82 Å². The van der Waals surface area contributed by atoms with E-state index in [4.69, 9.17) is 0 Å². The molecule has 1 atom stereocenters. The average molecular weight is 705 g/mol. The summed E-state index contributed by atoms with van der Waals surface area (Å²) < 4.78 is 17.2. The van der Waals surface area contributed by atoms with Crippen molar-refractivity contribution in [2.24, 2.45) is 4.99 Å². The Bertz CT molecular complexity index is 2100. The van der Waals surface area contributed by atoms with Gasteiger partial charge in [0.15, 0.2) is 5.65 Å². The van der Waals surface area contributed by atoms with E-state index in [9.17, 15) is 18.8 Å². The summed E-state index contributed by atoms with van der Waals surface area (Å²) in [6, 6.07) is 17.1. The molecule has 4 aliphatic rings. The zero-order chi connectivity index (χ0) is 35.6. The highest BCUT2D eigenvalue weighted by molar-refractivity contribution is 5.98. The Morgan fingerprint density at radius 1 is 0.885 bits per heavy atom. The van der Waals surface area contributed by atoms with Gasteiger partial charge < -0.3 is 10.6 Å². The minimum absolute atomic E-state index is 0.0459. The molecule has 1 unspecified atom stereocenters. The quantitative estimate of drug-likeness (QED) is 0.277. The number of hydrogen-bond acceptors (Lipinski definition) is 8. The molecule has 1 amide bonds. The fourth-order valence-corrected chi connectivity index (χ4v) is 8.46. The molecule has 12 heteroatoms. The van der Waals surface area contributed by atoms with Crippen LogP contribution >= 0.6 is 0 Å². The summed E-state index contributed by atoms with van der Waals surface area (Å²) in [5.74, 6) is -0.822. The van der Waals surface area contributed by atoms with E-state index in [1.807, 2.05) is 24.3 Å². The van der Waals surface area contributed by atoms with Crippen LogP contribution in [-0.4, -0.2) is 80.3 Å². The molecule has 0 spiro atoms. The van der Waals surface area contributed by atoms with Crippen LogP contribution in [0.5, 0.6) is 0 Å². The normalized spacial score (nSPS) is 22.8. The smallest absolute Gasteiger partial charge is 0.337 e. The van der Waals surface area contributed by atoms with Gasteiger partial charge in [-0.2, -0.15) is 0 Å². The number of fused-ring (bicyclic) bond motifs is 1. The van der Waals surface area contributed by atoms with Gasteiger partial charge in [-0.25, -0.2) is 18.7 Å². The number of nitrogens with zero attached hydrogens (tertiary/aromatic N) is 6. The average Bonchev–Trinajstić information content (AvgIpc) is 3.72. The summed E-state index contributed by atoms with van der Waals surface area (Å²) in [4.78, 5) is 54.4. The second kappa shape index (κ2) is 15.0. The molecule has 2 aromatic heterocycles. The molecule has 0 bridgehead atoms. The molecule has 2 aliphatic heterocycles. The number of pyridine rings is 1. The number of aliphatic imine (C=N–C) groups is 1. The van der Waals surface area contributed by atoms with Crippen molar-refractivity contribution in [2.75, 3.05) is 26.2 Å². The van der Waals surface area contributed by atoms with Gasteiger partial charge in [-0.1, -0.05) is 49.2 Å². The minimum Gasteiger partial charge on any atom is -0.374 e. The topological polar surface area (TPSA) is 117 Å². The summed E-state index contributed by atoms with van der Waals surface area (Å²) in [6.45, 7) is 5.39. The Morgan fingerprint density at radius 3 is 2.38 bits per heavy atom. The van der Waals surface area contributed by atoms with E-state index in [-0.39, 0.29) is 23.0 Å². The first-order chi connectivity index (χ1) is 25.4. The maximum absolute atomic E-state index is 14.5. The molecule has 8 rings (SSSR count). The van der Waals surface area contributed by atoms with Gasteiger partial charge >= 0.3 is 5.69 Å². The van der Waals surface area contributed by atoms with Gasteiger partial charge in [0.25, 0.3) is 5.56 Å². The Hall–Kier alpha value is -4.94. The van der Waals surface area contributed by atoms with E-state index in [0.29, 0.717) is 31.4 Å². The summed E-state index contributed by atoms with van der Waals surface area (Å²) in [5, 5.41) is 6.08. The number of aromatic nitrogens is 3. The van der Waals surface area contributed by atoms with E-state index in [1.165, 1.54) is 40.4 Å². The fourth-order valence-electron chi connectivity index (χ4n) is 8.46. The molecular weight excluding hydrogens is 659 g/mol. The number of halogens is 1. The molecule has 4 aromatic rings. The predicted molar refractivity (Wildman–Crippen MR) is 200 cm³/mol. The van der Waals surface area contributed by atoms with Crippen LogP contribution in [0.2, 0.25) is 0 Å². The zero-order valence-electron chi connectivity index (χ0n) is 29.3. The summed E-state index contributed by atoms with van der Waals surface area (Å²) in [6.07, 6.45) is 13.4. The molecule has 52 heavy (non-hydrogen) atoms. The van der Waals surface area contributed by atoms with Crippen molar-refractivity contribution in [3.05, 3.63) is 105 Å². The summed E-state index contributed by atoms with van der Waals surface area (Å²) >= 11 is 0. The maximum atomic E-state index is 14.5. The molecule has 2 aromatic carbocycles. The fraction of sp³-hybridized carbons (Fsp3) is 0.425. The Balaban J connectivity index is 1.01. The lowest BCUT2D eigenvalue weighted by Crippen LogP contribution is -2.49. The second-order valence-corrected chi connectivity index (χ2v) is 14.6. The van der Waals surface area contributed by atoms with Gasteiger partial charge in [0.1, 0.15) is 11.9 Å². The van der Waals surface area contributed by atoms with Crippen LogP contribution in [-0.2, 0) is 11.3 Å². The first-order valence-electron chi connectivity index (χ1n) is 18.6. The third-order valence-electron chi connectivity index (χ3n) is 11.3. The van der Waals surface area contributed by atoms with Gasteiger partial charge in [0, 0.05) is 69.5 Å². The molecule has 11 nitrogen and oxygen atoms in total. The number of piperazine rings is 1. The maximum Gasteiger partial charge on any atom is 0.337 e. The van der Waals surface area contributed by atoms with E-state index >= 15 is 0 Å². The number of rotatable bonds is 8. The molecule has 3 fully saturated rings. The Labute approximate surface area is 301 Å². The Kier molecular flexibility index (Phi) is 9.83. The predicted octanol–water partition coefficient (Wildman–Crippen LogP) is 4.53. The second-order valence-electron chi connectivity index (χ2n) is 14.6. The number of amides is 1. The number of nitrogens with one attached hydrogen (secondary N) is 2. The summed E-state index contributed by atoms with van der Waals surface area (Å²) in [5.41, 5.74) is 2.77. The number of carbonyl (C=O) groups excluding carboxylic acids is 1. The van der Waals surface area contributed by atoms with Crippen molar-refractivity contribution >= 4 is 23.2 Å². The van der Waals surface area contributed by atoms with E-state index in [2.05, 4.69) is 54.7 Å². The molecule has 1 saturated heterocycles. The molecule has 2 N–H and O–H groups in total. The molecule has 0 radical (unpaired) electrons. The van der Waals surface area contributed by atoms with E-state index in [1.54, 1.807) is 18.6 Å². The first-order valence-corrected chi connectivity index (χ1v) is 18.6. The molecule has 270 valence electrons. The van der Waals surface area contributed by atoms with Crippen molar-refractivity contribution in [1.29, 1.82) is 0 Å². The highest BCUT2D eigenvalue weighted by Crippen LogP contribution is 2.29. The molecule has 4 heterocycles. The van der Waals surface area contributed by atoms with Gasteiger partial charge in [-0.3, -0.25) is 28.9 Å². The number of hydrogen-bond donors (Lipinski definition) is 2. The molecule has 2 saturated carbocycles. The van der Waals surface area contributed by atoms with Crippen LogP contribution in [0.4, 0.5) is 4.39 Å². The lowest BCUT2D eigenvalue weighted by Gasteiger charge is -2.38. The van der Waals surface area contributed by atoms with Crippen molar-refractivity contribution < 1.29 is 9.18 Å². The third kappa shape index (κ3) is 7.09. The highest BCUT2D eigenvalue weighted by atomic mass is 19.1. The standard InChI is InChI=1S/C40H45FN8O3/c41-30-23-35-37(44-24-30)48(40(52)49(39(35)51)33-14-12-31(13-15-33)45-38(50)36-25-42-16-17-43-36)34-7-3-4-29(22-34)28-10-8-27(9-11-28)26-46-18-20-47(21-19-46)32-5-1-2-6-32/h3-4,7-11,16-17,22-25,31-33,36,43H,1-2,5-6,12-15,18-21,26H2,(H,45,50). The number of carbonyl (C=O) groups is 1. The highest BCUT2D eigenvalue weighted by Gasteiger charge is 2.30. The lowest BCUT2D eigenvalue weighted by atomic mass is 9.90. The van der Waals surface area contributed by atoms with Crippen LogP contribution in [0.1, 0.15) is 63.0 Å². The SMILES string of the molecule is O=C(NC1CCC(n2c(=O)c3cc(F)cnc3n(-c3cccc(-c4ccc(CN5CCN(C6CCCC6)CC5)cc4)c3)c2=O)CC1)C1C=NC=CN1. The van der Waals surface area contributed by atoms with Gasteiger partial charge in [0.05, 0.1) is 17.3 Å². The third-order valence-corrected chi connectivity index (χ3v) is 11.3. The van der Waals surface area contributed by atoms with Gasteiger partial charge in [0.2, 0.25) is 5.91 Å². The van der Waals surface area contributed by atoms with E-state index in [0.717, 1.165) is 62.2 Å². The monoisotopic (exact) mass is 704 g/mol. The summed E-state index contributed by atoms with van der Waals surface area (Å²) in [7, 11) is 0. The Morgan fingerprint density at radius 2 is 1.65 bits per heavy atom. The van der Waals surface area contributed by atoms with E-state index < -0.39 is 29.1 Å². The van der Waals surface area contributed by atoms with Crippen LogP contribution in [0.3, 0.4) is 0 Å². The lowest BCUT2D eigenvalue weighted by molar-refractivity contribution is -0.122. The zero-order valence-corrected chi connectivity index (χ0v) is 29.3.